The number of aliphatic carboxylic acids is 1. The molecule has 0 saturated carbocycles. The van der Waals surface area contributed by atoms with Crippen molar-refractivity contribution in [1.82, 2.24) is 0 Å². The van der Waals surface area contributed by atoms with Gasteiger partial charge in [-0.2, -0.15) is 0 Å². The van der Waals surface area contributed by atoms with E-state index in [4.69, 9.17) is 9.84 Å². The first kappa shape index (κ1) is 12.5. The molecule has 1 unspecified atom stereocenters. The predicted molar refractivity (Wildman–Crippen MR) is 59.6 cm³/mol. The summed E-state index contributed by atoms with van der Waals surface area (Å²) >= 11 is 0. The van der Waals surface area contributed by atoms with Gasteiger partial charge in [0.2, 0.25) is 0 Å². The largest absolute Gasteiger partial charge is 0.490 e. The van der Waals surface area contributed by atoms with Crippen LogP contribution in [0.1, 0.15) is 19.4 Å². The van der Waals surface area contributed by atoms with Crippen LogP contribution in [-0.4, -0.2) is 28.4 Å². The molecule has 0 aliphatic heterocycles. The fourth-order valence-corrected chi connectivity index (χ4v) is 1.22. The maximum absolute atomic E-state index is 10.7. The number of hydrogen-bond donors (Lipinski definition) is 2. The van der Waals surface area contributed by atoms with Gasteiger partial charge in [0, 0.05) is 0 Å². The van der Waals surface area contributed by atoms with Gasteiger partial charge in [-0.1, -0.05) is 25.1 Å². The summed E-state index contributed by atoms with van der Waals surface area (Å²) in [7, 11) is 0. The molecule has 0 heterocycles. The van der Waals surface area contributed by atoms with E-state index in [0.29, 0.717) is 5.75 Å². The number of ether oxygens (including phenoxy) is 1. The second-order valence-electron chi connectivity index (χ2n) is 3.83. The highest BCUT2D eigenvalue weighted by Crippen LogP contribution is 2.19. The molecule has 1 atom stereocenters. The number of rotatable bonds is 5. The Morgan fingerprint density at radius 2 is 2.06 bits per heavy atom. The minimum Gasteiger partial charge on any atom is -0.490 e. The van der Waals surface area contributed by atoms with Gasteiger partial charge in [0.05, 0.1) is 0 Å². The molecular weight excluding hydrogens is 208 g/mol. The summed E-state index contributed by atoms with van der Waals surface area (Å²) in [6.45, 7) is 2.93. The Bertz CT molecular complexity index is 371. The lowest BCUT2D eigenvalue weighted by Crippen LogP contribution is -2.41. The maximum Gasteiger partial charge on any atom is 0.339 e. The van der Waals surface area contributed by atoms with Gasteiger partial charge < -0.3 is 14.9 Å². The lowest BCUT2D eigenvalue weighted by atomic mass is 10.1. The molecule has 1 aromatic rings. The van der Waals surface area contributed by atoms with Gasteiger partial charge in [0.25, 0.3) is 0 Å². The van der Waals surface area contributed by atoms with Gasteiger partial charge in [0.15, 0.2) is 5.60 Å². The topological polar surface area (TPSA) is 66.8 Å². The van der Waals surface area contributed by atoms with Crippen molar-refractivity contribution < 1.29 is 19.7 Å². The van der Waals surface area contributed by atoms with Crippen molar-refractivity contribution in [1.29, 1.82) is 0 Å². The zero-order chi connectivity index (χ0) is 12.2. The fourth-order valence-electron chi connectivity index (χ4n) is 1.22. The van der Waals surface area contributed by atoms with E-state index in [1.54, 1.807) is 6.07 Å². The van der Waals surface area contributed by atoms with Gasteiger partial charge in [-0.15, -0.1) is 0 Å². The molecular formula is C12H16O4. The number of hydrogen-bond acceptors (Lipinski definition) is 3. The molecule has 0 bridgehead atoms. The predicted octanol–water partition coefficient (Wildman–Crippen LogP) is 1.46. The average Bonchev–Trinajstić information content (AvgIpc) is 2.26. The molecule has 0 fully saturated rings. The molecule has 0 saturated heterocycles. The van der Waals surface area contributed by atoms with Crippen LogP contribution in [0.3, 0.4) is 0 Å². The molecule has 4 heteroatoms. The maximum atomic E-state index is 10.7. The van der Waals surface area contributed by atoms with Crippen molar-refractivity contribution in [3.05, 3.63) is 29.8 Å². The number of carbonyl (C=O) groups is 1. The summed E-state index contributed by atoms with van der Waals surface area (Å²) in [5.74, 6) is -0.673. The van der Waals surface area contributed by atoms with E-state index in [9.17, 15) is 9.90 Å². The standard InChI is InChI=1S/C12H16O4/c1-3-9-6-4-5-7-10(9)16-8-12(2,15)11(13)14/h4-7,15H,3,8H2,1-2H3,(H,13,14). The number of benzene rings is 1. The highest BCUT2D eigenvalue weighted by atomic mass is 16.5. The van der Waals surface area contributed by atoms with Gasteiger partial charge in [0.1, 0.15) is 12.4 Å². The Hall–Kier alpha value is -1.55. The highest BCUT2D eigenvalue weighted by Gasteiger charge is 2.31. The first-order valence-electron chi connectivity index (χ1n) is 5.14. The van der Waals surface area contributed by atoms with Crippen LogP contribution >= 0.6 is 0 Å². The van der Waals surface area contributed by atoms with E-state index in [1.165, 1.54) is 6.92 Å². The van der Waals surface area contributed by atoms with Crippen molar-refractivity contribution in [3.63, 3.8) is 0 Å². The van der Waals surface area contributed by atoms with E-state index >= 15 is 0 Å². The van der Waals surface area contributed by atoms with Crippen LogP contribution in [0, 0.1) is 0 Å². The summed E-state index contributed by atoms with van der Waals surface area (Å²) in [6, 6.07) is 7.37. The van der Waals surface area contributed by atoms with Crippen molar-refractivity contribution >= 4 is 5.97 Å². The Balaban J connectivity index is 2.71. The molecule has 0 aliphatic carbocycles. The summed E-state index contributed by atoms with van der Waals surface area (Å²) < 4.78 is 5.32. The smallest absolute Gasteiger partial charge is 0.339 e. The van der Waals surface area contributed by atoms with E-state index in [0.717, 1.165) is 12.0 Å². The summed E-state index contributed by atoms with van der Waals surface area (Å²) in [5, 5.41) is 18.2. The Labute approximate surface area is 94.5 Å². The van der Waals surface area contributed by atoms with Gasteiger partial charge >= 0.3 is 5.97 Å². The van der Waals surface area contributed by atoms with Crippen molar-refractivity contribution in [2.45, 2.75) is 25.9 Å². The monoisotopic (exact) mass is 224 g/mol. The number of carboxylic acid groups (broad SMARTS) is 1. The highest BCUT2D eigenvalue weighted by molar-refractivity contribution is 5.76. The molecule has 88 valence electrons. The molecule has 0 aromatic heterocycles. The summed E-state index contributed by atoms with van der Waals surface area (Å²) in [5.41, 5.74) is -0.871. The Morgan fingerprint density at radius 1 is 1.44 bits per heavy atom. The molecule has 1 aromatic carbocycles. The average molecular weight is 224 g/mol. The molecule has 1 rings (SSSR count). The first-order valence-corrected chi connectivity index (χ1v) is 5.14. The van der Waals surface area contributed by atoms with Crippen LogP contribution in [0.25, 0.3) is 0 Å². The van der Waals surface area contributed by atoms with Crippen LogP contribution in [0.5, 0.6) is 5.75 Å². The SMILES string of the molecule is CCc1ccccc1OCC(C)(O)C(=O)O. The van der Waals surface area contributed by atoms with Gasteiger partial charge in [-0.25, -0.2) is 4.79 Å². The zero-order valence-corrected chi connectivity index (χ0v) is 9.43. The summed E-state index contributed by atoms with van der Waals surface area (Å²) in [6.07, 6.45) is 0.797. The molecule has 16 heavy (non-hydrogen) atoms. The molecule has 0 spiro atoms. The summed E-state index contributed by atoms with van der Waals surface area (Å²) in [4.78, 5) is 10.7. The molecule has 0 amide bonds. The number of para-hydroxylation sites is 1. The number of aryl methyl sites for hydroxylation is 1. The Kier molecular flexibility index (Phi) is 3.90. The zero-order valence-electron chi connectivity index (χ0n) is 9.43. The molecule has 4 nitrogen and oxygen atoms in total. The second-order valence-corrected chi connectivity index (χ2v) is 3.83. The third kappa shape index (κ3) is 2.97. The molecule has 2 N–H and O–H groups in total. The lowest BCUT2D eigenvalue weighted by molar-refractivity contribution is -0.159. The van der Waals surface area contributed by atoms with E-state index < -0.39 is 11.6 Å². The first-order chi connectivity index (χ1) is 7.47. The second kappa shape index (κ2) is 4.99. The van der Waals surface area contributed by atoms with Crippen LogP contribution in [0.4, 0.5) is 0 Å². The van der Waals surface area contributed by atoms with Gasteiger partial charge in [-0.3, -0.25) is 0 Å². The third-order valence-corrected chi connectivity index (χ3v) is 2.32. The van der Waals surface area contributed by atoms with Crippen molar-refractivity contribution in [2.24, 2.45) is 0 Å². The fraction of sp³-hybridized carbons (Fsp3) is 0.417. The number of aliphatic hydroxyl groups is 1. The van der Waals surface area contributed by atoms with Crippen LogP contribution in [0.2, 0.25) is 0 Å². The van der Waals surface area contributed by atoms with E-state index in [-0.39, 0.29) is 6.61 Å². The number of carboxylic acids is 1. The van der Waals surface area contributed by atoms with Crippen molar-refractivity contribution in [2.75, 3.05) is 6.61 Å². The quantitative estimate of drug-likeness (QED) is 0.794. The van der Waals surface area contributed by atoms with Gasteiger partial charge in [-0.05, 0) is 25.0 Å². The Morgan fingerprint density at radius 3 is 2.62 bits per heavy atom. The third-order valence-electron chi connectivity index (χ3n) is 2.32. The minimum atomic E-state index is -1.86. The van der Waals surface area contributed by atoms with Crippen LogP contribution in [0.15, 0.2) is 24.3 Å². The lowest BCUT2D eigenvalue weighted by Gasteiger charge is -2.19. The van der Waals surface area contributed by atoms with Crippen molar-refractivity contribution in [3.8, 4) is 5.75 Å². The molecule has 0 aliphatic rings. The minimum absolute atomic E-state index is 0.265. The normalized spacial score (nSPS) is 14.2. The van der Waals surface area contributed by atoms with Crippen LogP contribution in [-0.2, 0) is 11.2 Å². The van der Waals surface area contributed by atoms with Crippen LogP contribution < -0.4 is 4.74 Å². The van der Waals surface area contributed by atoms with E-state index in [2.05, 4.69) is 0 Å². The van der Waals surface area contributed by atoms with E-state index in [1.807, 2.05) is 25.1 Å². The molecule has 0 radical (unpaired) electrons.